The Balaban J connectivity index is 1.60. The first-order valence-electron chi connectivity index (χ1n) is 8.23. The molecule has 0 aromatic heterocycles. The van der Waals surface area contributed by atoms with E-state index in [0.717, 1.165) is 5.56 Å². The van der Waals surface area contributed by atoms with E-state index in [4.69, 9.17) is 18.9 Å². The molecule has 7 nitrogen and oxygen atoms in total. The summed E-state index contributed by atoms with van der Waals surface area (Å²) >= 11 is 0. The van der Waals surface area contributed by atoms with E-state index in [0.29, 0.717) is 29.6 Å². The number of hydrazone groups is 1. The van der Waals surface area contributed by atoms with Gasteiger partial charge in [0.25, 0.3) is 5.91 Å². The molecule has 0 aliphatic carbocycles. The van der Waals surface area contributed by atoms with Crippen molar-refractivity contribution < 1.29 is 23.7 Å². The largest absolute Gasteiger partial charge is 0.493 e. The summed E-state index contributed by atoms with van der Waals surface area (Å²) in [5.41, 5.74) is 3.23. The lowest BCUT2D eigenvalue weighted by Crippen LogP contribution is -2.42. The maximum atomic E-state index is 12.2. The van der Waals surface area contributed by atoms with Crippen LogP contribution in [0.3, 0.4) is 0 Å². The Kier molecular flexibility index (Phi) is 5.58. The van der Waals surface area contributed by atoms with Gasteiger partial charge in [-0.1, -0.05) is 12.1 Å². The quantitative estimate of drug-likeness (QED) is 0.635. The Bertz CT molecular complexity index is 806. The number of nitrogens with zero attached hydrogens (tertiary/aromatic N) is 1. The van der Waals surface area contributed by atoms with Gasteiger partial charge < -0.3 is 18.9 Å². The molecule has 1 atom stereocenters. The first-order valence-corrected chi connectivity index (χ1v) is 8.23. The maximum absolute atomic E-state index is 12.2. The molecule has 7 heteroatoms. The minimum Gasteiger partial charge on any atom is -0.493 e. The second kappa shape index (κ2) is 8.24. The summed E-state index contributed by atoms with van der Waals surface area (Å²) in [7, 11) is 1.58. The van der Waals surface area contributed by atoms with Crippen molar-refractivity contribution in [3.63, 3.8) is 0 Å². The minimum absolute atomic E-state index is 0.134. The highest BCUT2D eigenvalue weighted by atomic mass is 16.6. The zero-order valence-electron chi connectivity index (χ0n) is 14.6. The van der Waals surface area contributed by atoms with Gasteiger partial charge in [-0.25, -0.2) is 5.43 Å². The Hall–Kier alpha value is -3.22. The van der Waals surface area contributed by atoms with Gasteiger partial charge in [0.05, 0.1) is 19.9 Å². The second-order valence-electron chi connectivity index (χ2n) is 5.44. The third kappa shape index (κ3) is 4.05. The van der Waals surface area contributed by atoms with E-state index < -0.39 is 6.10 Å². The average molecular weight is 356 g/mol. The predicted octanol–water partition coefficient (Wildman–Crippen LogP) is 2.38. The molecule has 136 valence electrons. The van der Waals surface area contributed by atoms with Crippen molar-refractivity contribution in [2.75, 3.05) is 20.3 Å². The lowest BCUT2D eigenvalue weighted by atomic mass is 10.2. The van der Waals surface area contributed by atoms with Crippen LogP contribution in [0.1, 0.15) is 12.5 Å². The fourth-order valence-corrected chi connectivity index (χ4v) is 2.43. The fraction of sp³-hybridized carbons (Fsp3) is 0.263. The van der Waals surface area contributed by atoms with Crippen LogP contribution in [0, 0.1) is 0 Å². The molecule has 1 aliphatic rings. The molecule has 0 saturated carbocycles. The molecule has 0 unspecified atom stereocenters. The summed E-state index contributed by atoms with van der Waals surface area (Å²) in [6, 6.07) is 12.6. The van der Waals surface area contributed by atoms with Crippen molar-refractivity contribution in [1.82, 2.24) is 5.43 Å². The minimum atomic E-state index is -0.753. The molecular weight excluding hydrogens is 336 g/mol. The number of para-hydroxylation sites is 2. The number of hydrogen-bond acceptors (Lipinski definition) is 6. The fourth-order valence-electron chi connectivity index (χ4n) is 2.43. The SMILES string of the molecule is CCOc1cc(/C=N\NC(=O)[C@H]2COc3ccccc3O2)ccc1OC. The first kappa shape index (κ1) is 17.6. The number of rotatable bonds is 6. The first-order chi connectivity index (χ1) is 12.7. The van der Waals surface area contributed by atoms with Crippen LogP contribution in [0.4, 0.5) is 0 Å². The van der Waals surface area contributed by atoms with Crippen LogP contribution in [0.5, 0.6) is 23.0 Å². The Morgan fingerprint density at radius 3 is 2.85 bits per heavy atom. The van der Waals surface area contributed by atoms with Crippen LogP contribution >= 0.6 is 0 Å². The Morgan fingerprint density at radius 1 is 1.27 bits per heavy atom. The summed E-state index contributed by atoms with van der Waals surface area (Å²) in [4.78, 5) is 12.2. The van der Waals surface area contributed by atoms with Gasteiger partial charge in [0.1, 0.15) is 6.61 Å². The monoisotopic (exact) mass is 356 g/mol. The average Bonchev–Trinajstić information content (AvgIpc) is 2.68. The number of carbonyl (C=O) groups excluding carboxylic acids is 1. The number of benzene rings is 2. The third-order valence-electron chi connectivity index (χ3n) is 3.68. The highest BCUT2D eigenvalue weighted by molar-refractivity contribution is 5.85. The predicted molar refractivity (Wildman–Crippen MR) is 96.3 cm³/mol. The van der Waals surface area contributed by atoms with E-state index in [1.54, 1.807) is 31.4 Å². The van der Waals surface area contributed by atoms with Gasteiger partial charge in [-0.3, -0.25) is 4.79 Å². The number of amides is 1. The highest BCUT2D eigenvalue weighted by Gasteiger charge is 2.26. The van der Waals surface area contributed by atoms with Gasteiger partial charge in [-0.2, -0.15) is 5.10 Å². The van der Waals surface area contributed by atoms with E-state index in [1.807, 2.05) is 25.1 Å². The number of hydrogen-bond donors (Lipinski definition) is 1. The molecule has 1 amide bonds. The molecule has 26 heavy (non-hydrogen) atoms. The molecule has 2 aromatic rings. The molecule has 1 N–H and O–H groups in total. The summed E-state index contributed by atoms with van der Waals surface area (Å²) in [6.45, 7) is 2.55. The number of nitrogens with one attached hydrogen (secondary N) is 1. The van der Waals surface area contributed by atoms with E-state index in [1.165, 1.54) is 6.21 Å². The van der Waals surface area contributed by atoms with E-state index in [2.05, 4.69) is 10.5 Å². The Morgan fingerprint density at radius 2 is 2.08 bits per heavy atom. The number of methoxy groups -OCH3 is 1. The van der Waals surface area contributed by atoms with Crippen LogP contribution in [0.25, 0.3) is 0 Å². The second-order valence-corrected chi connectivity index (χ2v) is 5.44. The number of fused-ring (bicyclic) bond motifs is 1. The van der Waals surface area contributed by atoms with Crippen LogP contribution < -0.4 is 24.4 Å². The molecule has 0 bridgehead atoms. The molecule has 3 rings (SSSR count). The van der Waals surface area contributed by atoms with Gasteiger partial charge >= 0.3 is 0 Å². The van der Waals surface area contributed by atoms with Gasteiger partial charge in [0.15, 0.2) is 23.0 Å². The number of carbonyl (C=O) groups is 1. The summed E-state index contributed by atoms with van der Waals surface area (Å²) in [5, 5.41) is 3.97. The van der Waals surface area contributed by atoms with Gasteiger partial charge in [0.2, 0.25) is 6.10 Å². The molecular formula is C19H20N2O5. The normalized spacial score (nSPS) is 15.5. The summed E-state index contributed by atoms with van der Waals surface area (Å²) in [6.07, 6.45) is 0.772. The molecule has 0 radical (unpaired) electrons. The van der Waals surface area contributed by atoms with Crippen molar-refractivity contribution in [3.8, 4) is 23.0 Å². The van der Waals surface area contributed by atoms with E-state index in [9.17, 15) is 4.79 Å². The number of ether oxygens (including phenoxy) is 4. The van der Waals surface area contributed by atoms with Crippen LogP contribution in [-0.2, 0) is 4.79 Å². The van der Waals surface area contributed by atoms with Gasteiger partial charge in [-0.05, 0) is 42.8 Å². The van der Waals surface area contributed by atoms with Crippen molar-refractivity contribution in [2.24, 2.45) is 5.10 Å². The molecule has 2 aromatic carbocycles. The van der Waals surface area contributed by atoms with Crippen LogP contribution in [0.15, 0.2) is 47.6 Å². The molecule has 0 spiro atoms. The molecule has 1 aliphatic heterocycles. The van der Waals surface area contributed by atoms with E-state index >= 15 is 0 Å². The summed E-state index contributed by atoms with van der Waals surface area (Å²) in [5.74, 6) is 2.04. The zero-order valence-corrected chi connectivity index (χ0v) is 14.6. The van der Waals surface area contributed by atoms with Crippen LogP contribution in [0.2, 0.25) is 0 Å². The van der Waals surface area contributed by atoms with Crippen molar-refractivity contribution in [1.29, 1.82) is 0 Å². The highest BCUT2D eigenvalue weighted by Crippen LogP contribution is 2.31. The van der Waals surface area contributed by atoms with Gasteiger partial charge in [-0.15, -0.1) is 0 Å². The van der Waals surface area contributed by atoms with Crippen molar-refractivity contribution >= 4 is 12.1 Å². The van der Waals surface area contributed by atoms with Gasteiger partial charge in [0, 0.05) is 0 Å². The Labute approximate surface area is 151 Å². The zero-order chi connectivity index (χ0) is 18.4. The standard InChI is InChI=1S/C19H20N2O5/c1-3-24-17-10-13(8-9-14(17)23-2)11-20-21-19(22)18-12-25-15-6-4-5-7-16(15)26-18/h4-11,18H,3,12H2,1-2H3,(H,21,22)/b20-11-/t18-/m1/s1. The molecule has 0 fully saturated rings. The van der Waals surface area contributed by atoms with Crippen molar-refractivity contribution in [2.45, 2.75) is 13.0 Å². The molecule has 1 heterocycles. The third-order valence-corrected chi connectivity index (χ3v) is 3.68. The topological polar surface area (TPSA) is 78.4 Å². The lowest BCUT2D eigenvalue weighted by Gasteiger charge is -2.24. The smallest absolute Gasteiger partial charge is 0.284 e. The summed E-state index contributed by atoms with van der Waals surface area (Å²) < 4.78 is 21.9. The van der Waals surface area contributed by atoms with E-state index in [-0.39, 0.29) is 12.5 Å². The maximum Gasteiger partial charge on any atom is 0.284 e. The van der Waals surface area contributed by atoms with Crippen molar-refractivity contribution in [3.05, 3.63) is 48.0 Å². The molecule has 0 saturated heterocycles. The lowest BCUT2D eigenvalue weighted by molar-refractivity contribution is -0.130. The van der Waals surface area contributed by atoms with Crippen LogP contribution in [-0.4, -0.2) is 38.5 Å².